The lowest BCUT2D eigenvalue weighted by molar-refractivity contribution is 0.198. The highest BCUT2D eigenvalue weighted by molar-refractivity contribution is 5.21. The van der Waals surface area contributed by atoms with E-state index in [1.165, 1.54) is 5.56 Å². The molecule has 0 bridgehead atoms. The number of methoxy groups -OCH3 is 1. The third kappa shape index (κ3) is 5.58. The second-order valence-electron chi connectivity index (χ2n) is 4.68. The van der Waals surface area contributed by atoms with Gasteiger partial charge in [-0.2, -0.15) is 0 Å². The van der Waals surface area contributed by atoms with Crippen LogP contribution in [0.5, 0.6) is 0 Å². The van der Waals surface area contributed by atoms with Crippen molar-refractivity contribution in [3.05, 3.63) is 29.1 Å². The molecule has 0 saturated heterocycles. The molecule has 1 rings (SSSR count). The molecule has 0 aromatic carbocycles. The van der Waals surface area contributed by atoms with Crippen LogP contribution in [0.25, 0.3) is 0 Å². The third-order valence-corrected chi connectivity index (χ3v) is 2.91. The lowest BCUT2D eigenvalue weighted by Crippen LogP contribution is -2.37. The summed E-state index contributed by atoms with van der Waals surface area (Å²) in [6.07, 6.45) is 0. The number of hydrogen-bond acceptors (Lipinski definition) is 4. The van der Waals surface area contributed by atoms with E-state index in [0.717, 1.165) is 37.6 Å². The van der Waals surface area contributed by atoms with Gasteiger partial charge in [0, 0.05) is 44.2 Å². The lowest BCUT2D eigenvalue weighted by Gasteiger charge is -2.15. The molecule has 4 heteroatoms. The van der Waals surface area contributed by atoms with Gasteiger partial charge in [-0.1, -0.05) is 6.07 Å². The second kappa shape index (κ2) is 8.19. The van der Waals surface area contributed by atoms with E-state index in [0.29, 0.717) is 6.04 Å². The van der Waals surface area contributed by atoms with E-state index in [4.69, 9.17) is 4.74 Å². The third-order valence-electron chi connectivity index (χ3n) is 2.91. The molecule has 2 N–H and O–H groups in total. The normalized spacial score (nSPS) is 12.7. The Morgan fingerprint density at radius 1 is 1.33 bits per heavy atom. The average Bonchev–Trinajstić information content (AvgIpc) is 2.33. The molecule has 4 nitrogen and oxygen atoms in total. The predicted octanol–water partition coefficient (Wildman–Crippen LogP) is 1.41. The molecule has 0 saturated carbocycles. The van der Waals surface area contributed by atoms with E-state index in [1.807, 2.05) is 6.92 Å². The van der Waals surface area contributed by atoms with Crippen molar-refractivity contribution in [2.75, 3.05) is 26.8 Å². The summed E-state index contributed by atoms with van der Waals surface area (Å²) in [7, 11) is 1.72. The molecule has 1 aromatic heterocycles. The van der Waals surface area contributed by atoms with Crippen molar-refractivity contribution in [1.82, 2.24) is 15.6 Å². The van der Waals surface area contributed by atoms with E-state index >= 15 is 0 Å². The predicted molar refractivity (Wildman–Crippen MR) is 74.8 cm³/mol. The summed E-state index contributed by atoms with van der Waals surface area (Å²) >= 11 is 0. The molecule has 102 valence electrons. The molecular weight excluding hydrogens is 226 g/mol. The van der Waals surface area contributed by atoms with E-state index in [9.17, 15) is 0 Å². The van der Waals surface area contributed by atoms with Crippen molar-refractivity contribution >= 4 is 0 Å². The number of aromatic nitrogens is 1. The van der Waals surface area contributed by atoms with Gasteiger partial charge in [0.2, 0.25) is 0 Å². The van der Waals surface area contributed by atoms with Gasteiger partial charge in [0.05, 0.1) is 6.61 Å². The summed E-state index contributed by atoms with van der Waals surface area (Å²) in [6, 6.07) is 4.64. The van der Waals surface area contributed by atoms with Crippen molar-refractivity contribution in [2.24, 2.45) is 0 Å². The van der Waals surface area contributed by atoms with Crippen LogP contribution in [0.3, 0.4) is 0 Å². The van der Waals surface area contributed by atoms with Crippen LogP contribution in [-0.4, -0.2) is 37.8 Å². The number of hydrogen-bond donors (Lipinski definition) is 2. The molecule has 0 spiro atoms. The molecule has 0 aliphatic rings. The van der Waals surface area contributed by atoms with Gasteiger partial charge >= 0.3 is 0 Å². The van der Waals surface area contributed by atoms with Crippen LogP contribution >= 0.6 is 0 Å². The van der Waals surface area contributed by atoms with Crippen LogP contribution in [-0.2, 0) is 11.3 Å². The highest BCUT2D eigenvalue weighted by Crippen LogP contribution is 2.06. The maximum absolute atomic E-state index is 4.99. The van der Waals surface area contributed by atoms with Gasteiger partial charge in [-0.15, -0.1) is 0 Å². The molecule has 1 unspecified atom stereocenters. The van der Waals surface area contributed by atoms with Crippen LogP contribution in [0.15, 0.2) is 12.1 Å². The zero-order valence-corrected chi connectivity index (χ0v) is 11.9. The maximum Gasteiger partial charge on any atom is 0.0587 e. The van der Waals surface area contributed by atoms with Gasteiger partial charge in [-0.25, -0.2) is 0 Å². The fourth-order valence-electron chi connectivity index (χ4n) is 1.75. The minimum atomic E-state index is 0.433. The first-order chi connectivity index (χ1) is 8.63. The monoisotopic (exact) mass is 251 g/mol. The van der Waals surface area contributed by atoms with Crippen molar-refractivity contribution < 1.29 is 4.74 Å². The summed E-state index contributed by atoms with van der Waals surface area (Å²) in [4.78, 5) is 4.47. The van der Waals surface area contributed by atoms with Gasteiger partial charge in [-0.3, -0.25) is 4.98 Å². The molecule has 1 atom stereocenters. The zero-order chi connectivity index (χ0) is 13.4. The zero-order valence-electron chi connectivity index (χ0n) is 11.9. The minimum Gasteiger partial charge on any atom is -0.383 e. The summed E-state index contributed by atoms with van der Waals surface area (Å²) < 4.78 is 4.99. The highest BCUT2D eigenvalue weighted by atomic mass is 16.5. The van der Waals surface area contributed by atoms with E-state index in [1.54, 1.807) is 7.11 Å². The Hall–Kier alpha value is -0.970. The molecular formula is C14H25N3O. The molecule has 1 heterocycles. The van der Waals surface area contributed by atoms with Crippen molar-refractivity contribution in [3.8, 4) is 0 Å². The van der Waals surface area contributed by atoms with Gasteiger partial charge in [-0.05, 0) is 32.4 Å². The van der Waals surface area contributed by atoms with Crippen LogP contribution in [0.2, 0.25) is 0 Å². The van der Waals surface area contributed by atoms with Crippen LogP contribution in [0.4, 0.5) is 0 Å². The maximum atomic E-state index is 4.99. The largest absolute Gasteiger partial charge is 0.383 e. The van der Waals surface area contributed by atoms with Gasteiger partial charge < -0.3 is 15.4 Å². The van der Waals surface area contributed by atoms with Crippen molar-refractivity contribution in [1.29, 1.82) is 0 Å². The number of pyridine rings is 1. The van der Waals surface area contributed by atoms with Crippen molar-refractivity contribution in [2.45, 2.75) is 33.4 Å². The molecule has 18 heavy (non-hydrogen) atoms. The van der Waals surface area contributed by atoms with E-state index < -0.39 is 0 Å². The van der Waals surface area contributed by atoms with Gasteiger partial charge in [0.15, 0.2) is 0 Å². The molecule has 0 radical (unpaired) electrons. The molecule has 0 aliphatic heterocycles. The number of aryl methyl sites for hydroxylation is 2. The van der Waals surface area contributed by atoms with E-state index in [2.05, 4.69) is 41.6 Å². The molecule has 1 aromatic rings. The smallest absolute Gasteiger partial charge is 0.0587 e. The SMILES string of the molecule is COCCNCC(C)NCc1ccc(C)nc1C. The number of ether oxygens (including phenoxy) is 1. The quantitative estimate of drug-likeness (QED) is 0.686. The Labute approximate surface area is 110 Å². The number of nitrogens with one attached hydrogen (secondary N) is 2. The minimum absolute atomic E-state index is 0.433. The fraction of sp³-hybridized carbons (Fsp3) is 0.643. The van der Waals surface area contributed by atoms with Crippen LogP contribution < -0.4 is 10.6 Å². The number of nitrogens with zero attached hydrogens (tertiary/aromatic N) is 1. The number of rotatable bonds is 8. The Morgan fingerprint density at radius 2 is 2.11 bits per heavy atom. The van der Waals surface area contributed by atoms with Crippen LogP contribution in [0.1, 0.15) is 23.9 Å². The van der Waals surface area contributed by atoms with Gasteiger partial charge in [0.25, 0.3) is 0 Å². The fourth-order valence-corrected chi connectivity index (χ4v) is 1.75. The van der Waals surface area contributed by atoms with Crippen molar-refractivity contribution in [3.63, 3.8) is 0 Å². The average molecular weight is 251 g/mol. The second-order valence-corrected chi connectivity index (χ2v) is 4.68. The highest BCUT2D eigenvalue weighted by Gasteiger charge is 2.03. The first kappa shape index (κ1) is 15.1. The van der Waals surface area contributed by atoms with Crippen LogP contribution in [0, 0.1) is 13.8 Å². The first-order valence-electron chi connectivity index (χ1n) is 6.49. The molecule has 0 amide bonds. The Balaban J connectivity index is 2.27. The molecule has 0 fully saturated rings. The summed E-state index contributed by atoms with van der Waals surface area (Å²) in [5.74, 6) is 0. The Morgan fingerprint density at radius 3 is 2.78 bits per heavy atom. The first-order valence-corrected chi connectivity index (χ1v) is 6.49. The lowest BCUT2D eigenvalue weighted by atomic mass is 10.1. The Kier molecular flexibility index (Phi) is 6.86. The van der Waals surface area contributed by atoms with Gasteiger partial charge in [0.1, 0.15) is 0 Å². The Bertz CT molecular complexity index is 355. The molecule has 0 aliphatic carbocycles. The standard InChI is InChI=1S/C14H25N3O/c1-11-5-6-14(13(3)17-11)10-16-12(2)9-15-7-8-18-4/h5-6,12,15-16H,7-10H2,1-4H3. The summed E-state index contributed by atoms with van der Waals surface area (Å²) in [5.41, 5.74) is 3.46. The summed E-state index contributed by atoms with van der Waals surface area (Å²) in [6.45, 7) is 9.73. The van der Waals surface area contributed by atoms with E-state index in [-0.39, 0.29) is 0 Å². The topological polar surface area (TPSA) is 46.2 Å². The summed E-state index contributed by atoms with van der Waals surface area (Å²) in [5, 5.41) is 6.84.